The van der Waals surface area contributed by atoms with E-state index in [1.807, 2.05) is 12.1 Å². The standard InChI is InChI=1S/C17H25FN2/c1-13(12-14-4-2-3-5-17(14)18)19-15-8-10-20(11-9-15)16-6-7-16/h2-5,13,15-16,19H,6-12H2,1H3. The van der Waals surface area contributed by atoms with Crippen LogP contribution in [0.25, 0.3) is 0 Å². The molecule has 20 heavy (non-hydrogen) atoms. The van der Waals surface area contributed by atoms with Gasteiger partial charge in [0.2, 0.25) is 0 Å². The molecule has 1 heterocycles. The van der Waals surface area contributed by atoms with Gasteiger partial charge >= 0.3 is 0 Å². The van der Waals surface area contributed by atoms with Crippen LogP contribution >= 0.6 is 0 Å². The molecule has 1 aromatic carbocycles. The number of halogens is 1. The van der Waals surface area contributed by atoms with Crippen LogP contribution in [-0.2, 0) is 6.42 Å². The van der Waals surface area contributed by atoms with Crippen molar-refractivity contribution in [1.82, 2.24) is 10.2 Å². The molecule has 2 aliphatic rings. The average molecular weight is 276 g/mol. The van der Waals surface area contributed by atoms with Gasteiger partial charge in [0.05, 0.1) is 0 Å². The van der Waals surface area contributed by atoms with Crippen LogP contribution in [0.3, 0.4) is 0 Å². The number of hydrogen-bond donors (Lipinski definition) is 1. The molecule has 1 saturated heterocycles. The quantitative estimate of drug-likeness (QED) is 0.889. The molecule has 2 fully saturated rings. The van der Waals surface area contributed by atoms with Crippen molar-refractivity contribution in [1.29, 1.82) is 0 Å². The van der Waals surface area contributed by atoms with Crippen LogP contribution in [0.2, 0.25) is 0 Å². The van der Waals surface area contributed by atoms with Gasteiger partial charge < -0.3 is 10.2 Å². The Hall–Kier alpha value is -0.930. The molecule has 3 rings (SSSR count). The van der Waals surface area contributed by atoms with Gasteiger partial charge in [-0.05, 0) is 63.7 Å². The number of likely N-dealkylation sites (tertiary alicyclic amines) is 1. The number of benzene rings is 1. The second kappa shape index (κ2) is 6.23. The molecule has 1 atom stereocenters. The minimum absolute atomic E-state index is 0.0790. The fourth-order valence-corrected chi connectivity index (χ4v) is 3.33. The summed E-state index contributed by atoms with van der Waals surface area (Å²) in [5.74, 6) is -0.0790. The molecule has 0 spiro atoms. The summed E-state index contributed by atoms with van der Waals surface area (Å²) in [6.07, 6.45) is 6.05. The Morgan fingerprint density at radius 1 is 1.20 bits per heavy atom. The first-order chi connectivity index (χ1) is 9.72. The molecule has 3 heteroatoms. The molecule has 0 radical (unpaired) electrons. The molecule has 1 aromatic rings. The predicted molar refractivity (Wildman–Crippen MR) is 80.3 cm³/mol. The molecule has 1 unspecified atom stereocenters. The van der Waals surface area contributed by atoms with Crippen molar-refractivity contribution in [3.63, 3.8) is 0 Å². The van der Waals surface area contributed by atoms with Crippen LogP contribution in [0.4, 0.5) is 4.39 Å². The van der Waals surface area contributed by atoms with Gasteiger partial charge in [0.1, 0.15) is 5.82 Å². The van der Waals surface area contributed by atoms with Gasteiger partial charge in [-0.2, -0.15) is 0 Å². The number of nitrogens with zero attached hydrogens (tertiary/aromatic N) is 1. The number of rotatable bonds is 5. The van der Waals surface area contributed by atoms with Gasteiger partial charge in [-0.15, -0.1) is 0 Å². The van der Waals surface area contributed by atoms with E-state index in [1.54, 1.807) is 12.1 Å². The third-order valence-corrected chi connectivity index (χ3v) is 4.60. The molecular formula is C17H25FN2. The van der Waals surface area contributed by atoms with Crippen molar-refractivity contribution in [2.24, 2.45) is 0 Å². The van der Waals surface area contributed by atoms with Gasteiger partial charge in [0.15, 0.2) is 0 Å². The van der Waals surface area contributed by atoms with Gasteiger partial charge in [-0.3, -0.25) is 0 Å². The van der Waals surface area contributed by atoms with E-state index in [-0.39, 0.29) is 5.82 Å². The lowest BCUT2D eigenvalue weighted by atomic mass is 10.0. The molecule has 1 aliphatic carbocycles. The first-order valence-corrected chi connectivity index (χ1v) is 7.96. The van der Waals surface area contributed by atoms with Crippen molar-refractivity contribution in [2.45, 2.75) is 57.2 Å². The van der Waals surface area contributed by atoms with E-state index in [0.717, 1.165) is 18.0 Å². The Bertz CT molecular complexity index is 436. The zero-order valence-corrected chi connectivity index (χ0v) is 12.3. The van der Waals surface area contributed by atoms with Crippen LogP contribution in [0.5, 0.6) is 0 Å². The zero-order valence-electron chi connectivity index (χ0n) is 12.3. The first kappa shape index (κ1) is 14.0. The van der Waals surface area contributed by atoms with Crippen LogP contribution < -0.4 is 5.32 Å². The number of piperidine rings is 1. The first-order valence-electron chi connectivity index (χ1n) is 7.96. The number of hydrogen-bond acceptors (Lipinski definition) is 2. The third kappa shape index (κ3) is 3.58. The van der Waals surface area contributed by atoms with Gasteiger partial charge in [0, 0.05) is 18.1 Å². The minimum Gasteiger partial charge on any atom is -0.311 e. The monoisotopic (exact) mass is 276 g/mol. The summed E-state index contributed by atoms with van der Waals surface area (Å²) in [5.41, 5.74) is 0.822. The summed E-state index contributed by atoms with van der Waals surface area (Å²) in [4.78, 5) is 2.64. The van der Waals surface area contributed by atoms with Crippen molar-refractivity contribution in [2.75, 3.05) is 13.1 Å². The lowest BCUT2D eigenvalue weighted by Crippen LogP contribution is -2.46. The Kier molecular flexibility index (Phi) is 4.37. The second-order valence-electron chi connectivity index (χ2n) is 6.40. The van der Waals surface area contributed by atoms with Crippen molar-refractivity contribution in [3.8, 4) is 0 Å². The van der Waals surface area contributed by atoms with E-state index in [4.69, 9.17) is 0 Å². The van der Waals surface area contributed by atoms with Crippen molar-refractivity contribution in [3.05, 3.63) is 35.6 Å². The molecule has 110 valence electrons. The Labute approximate surface area is 121 Å². The van der Waals surface area contributed by atoms with E-state index in [2.05, 4.69) is 17.1 Å². The fourth-order valence-electron chi connectivity index (χ4n) is 3.33. The summed E-state index contributed by atoms with van der Waals surface area (Å²) in [7, 11) is 0. The van der Waals surface area contributed by atoms with Crippen LogP contribution in [0.15, 0.2) is 24.3 Å². The molecule has 1 saturated carbocycles. The van der Waals surface area contributed by atoms with E-state index >= 15 is 0 Å². The van der Waals surface area contributed by atoms with E-state index in [0.29, 0.717) is 12.1 Å². The second-order valence-corrected chi connectivity index (χ2v) is 6.40. The SMILES string of the molecule is CC(Cc1ccccc1F)NC1CCN(C2CC2)CC1. The van der Waals surface area contributed by atoms with E-state index < -0.39 is 0 Å². The van der Waals surface area contributed by atoms with Gasteiger partial charge in [0.25, 0.3) is 0 Å². The number of nitrogens with one attached hydrogen (secondary N) is 1. The predicted octanol–water partition coefficient (Wildman–Crippen LogP) is 2.97. The summed E-state index contributed by atoms with van der Waals surface area (Å²) in [6, 6.07) is 8.95. The summed E-state index contributed by atoms with van der Waals surface area (Å²) < 4.78 is 13.6. The Morgan fingerprint density at radius 3 is 2.55 bits per heavy atom. The lowest BCUT2D eigenvalue weighted by Gasteiger charge is -2.34. The molecule has 2 nitrogen and oxygen atoms in total. The van der Waals surface area contributed by atoms with Crippen molar-refractivity contribution >= 4 is 0 Å². The largest absolute Gasteiger partial charge is 0.311 e. The summed E-state index contributed by atoms with van der Waals surface area (Å²) >= 11 is 0. The summed E-state index contributed by atoms with van der Waals surface area (Å²) in [6.45, 7) is 4.63. The average Bonchev–Trinajstić information content (AvgIpc) is 3.27. The lowest BCUT2D eigenvalue weighted by molar-refractivity contribution is 0.184. The highest BCUT2D eigenvalue weighted by molar-refractivity contribution is 5.18. The van der Waals surface area contributed by atoms with Crippen LogP contribution in [0, 0.1) is 5.82 Å². The topological polar surface area (TPSA) is 15.3 Å². The molecule has 0 aromatic heterocycles. The molecule has 1 aliphatic heterocycles. The minimum atomic E-state index is -0.0790. The zero-order chi connectivity index (χ0) is 13.9. The third-order valence-electron chi connectivity index (χ3n) is 4.60. The maximum atomic E-state index is 13.6. The van der Waals surface area contributed by atoms with E-state index in [9.17, 15) is 4.39 Å². The van der Waals surface area contributed by atoms with Gasteiger partial charge in [-0.1, -0.05) is 18.2 Å². The van der Waals surface area contributed by atoms with Crippen LogP contribution in [-0.4, -0.2) is 36.1 Å². The highest BCUT2D eigenvalue weighted by atomic mass is 19.1. The Balaban J connectivity index is 1.45. The van der Waals surface area contributed by atoms with E-state index in [1.165, 1.54) is 38.8 Å². The molecule has 0 bridgehead atoms. The van der Waals surface area contributed by atoms with Crippen LogP contribution in [0.1, 0.15) is 38.2 Å². The highest BCUT2D eigenvalue weighted by Gasteiger charge is 2.31. The maximum absolute atomic E-state index is 13.6. The van der Waals surface area contributed by atoms with Gasteiger partial charge in [-0.25, -0.2) is 4.39 Å². The summed E-state index contributed by atoms with van der Waals surface area (Å²) in [5, 5.41) is 3.68. The Morgan fingerprint density at radius 2 is 1.90 bits per heavy atom. The smallest absolute Gasteiger partial charge is 0.126 e. The molecule has 1 N–H and O–H groups in total. The van der Waals surface area contributed by atoms with Crippen molar-refractivity contribution < 1.29 is 4.39 Å². The molecular weight excluding hydrogens is 251 g/mol. The fraction of sp³-hybridized carbons (Fsp3) is 0.647. The molecule has 0 amide bonds. The highest BCUT2D eigenvalue weighted by Crippen LogP contribution is 2.29. The normalized spacial score (nSPS) is 22.9. The maximum Gasteiger partial charge on any atom is 0.126 e.